The van der Waals surface area contributed by atoms with E-state index < -0.39 is 0 Å². The van der Waals surface area contributed by atoms with Gasteiger partial charge in [-0.2, -0.15) is 0 Å². The van der Waals surface area contributed by atoms with Crippen molar-refractivity contribution in [3.63, 3.8) is 0 Å². The van der Waals surface area contributed by atoms with Crippen LogP contribution >= 0.6 is 11.6 Å². The van der Waals surface area contributed by atoms with Crippen molar-refractivity contribution in [2.24, 2.45) is 0 Å². The van der Waals surface area contributed by atoms with Crippen molar-refractivity contribution in [1.29, 1.82) is 0 Å². The fraction of sp³-hybridized carbons (Fsp3) is 0.261. The number of benzene rings is 2. The van der Waals surface area contributed by atoms with Gasteiger partial charge in [0.05, 0.1) is 0 Å². The molecule has 0 N–H and O–H groups in total. The molecule has 1 aliphatic rings. The van der Waals surface area contributed by atoms with Crippen molar-refractivity contribution in [2.75, 3.05) is 26.2 Å². The largest absolute Gasteiger partial charge is 0.486 e. The highest BCUT2D eigenvalue weighted by Crippen LogP contribution is 2.19. The quantitative estimate of drug-likeness (QED) is 0.601. The second kappa shape index (κ2) is 9.16. The molecule has 1 aliphatic heterocycles. The SMILES string of the molecule is O=C(c1ccc(COc2ccc(Cl)cc2)o1)N1CCN(Cc2ccccc2)CC1. The molecule has 1 aromatic heterocycles. The lowest BCUT2D eigenvalue weighted by atomic mass is 10.2. The van der Waals surface area contributed by atoms with E-state index in [0.29, 0.717) is 35.4 Å². The predicted octanol–water partition coefficient (Wildman–Crippen LogP) is 4.47. The zero-order valence-electron chi connectivity index (χ0n) is 16.1. The highest BCUT2D eigenvalue weighted by atomic mass is 35.5. The minimum Gasteiger partial charge on any atom is -0.486 e. The zero-order valence-corrected chi connectivity index (χ0v) is 16.8. The lowest BCUT2D eigenvalue weighted by Crippen LogP contribution is -2.48. The van der Waals surface area contributed by atoms with Gasteiger partial charge in [0, 0.05) is 37.7 Å². The van der Waals surface area contributed by atoms with Crippen LogP contribution in [0.2, 0.25) is 5.02 Å². The summed E-state index contributed by atoms with van der Waals surface area (Å²) in [6.45, 7) is 4.28. The number of carbonyl (C=O) groups excluding carboxylic acids is 1. The van der Waals surface area contributed by atoms with Crippen molar-refractivity contribution < 1.29 is 13.9 Å². The molecule has 29 heavy (non-hydrogen) atoms. The van der Waals surface area contributed by atoms with Gasteiger partial charge in [0.25, 0.3) is 5.91 Å². The molecule has 0 unspecified atom stereocenters. The van der Waals surface area contributed by atoms with Gasteiger partial charge in [0.1, 0.15) is 18.1 Å². The topological polar surface area (TPSA) is 45.9 Å². The molecular weight excluding hydrogens is 388 g/mol. The van der Waals surface area contributed by atoms with Crippen LogP contribution in [0.25, 0.3) is 0 Å². The maximum Gasteiger partial charge on any atom is 0.289 e. The molecule has 1 fully saturated rings. The van der Waals surface area contributed by atoms with Crippen LogP contribution in [0.4, 0.5) is 0 Å². The van der Waals surface area contributed by atoms with Gasteiger partial charge in [0.15, 0.2) is 5.76 Å². The van der Waals surface area contributed by atoms with Gasteiger partial charge < -0.3 is 14.1 Å². The number of ether oxygens (including phenoxy) is 1. The molecule has 0 bridgehead atoms. The van der Waals surface area contributed by atoms with Crippen LogP contribution < -0.4 is 4.74 Å². The Hall–Kier alpha value is -2.76. The fourth-order valence-electron chi connectivity index (χ4n) is 3.36. The molecule has 0 atom stereocenters. The van der Waals surface area contributed by atoms with E-state index in [0.717, 1.165) is 19.6 Å². The molecule has 6 heteroatoms. The number of halogens is 1. The Kier molecular flexibility index (Phi) is 6.17. The number of hydrogen-bond donors (Lipinski definition) is 0. The van der Waals surface area contributed by atoms with E-state index in [9.17, 15) is 4.79 Å². The number of rotatable bonds is 6. The molecule has 4 rings (SSSR count). The summed E-state index contributed by atoms with van der Waals surface area (Å²) in [5.41, 5.74) is 1.30. The molecular formula is C23H23ClN2O3. The summed E-state index contributed by atoms with van der Waals surface area (Å²) in [6, 6.07) is 21.0. The second-order valence-electron chi connectivity index (χ2n) is 7.06. The van der Waals surface area contributed by atoms with E-state index in [-0.39, 0.29) is 12.5 Å². The van der Waals surface area contributed by atoms with Crippen molar-refractivity contribution in [1.82, 2.24) is 9.80 Å². The van der Waals surface area contributed by atoms with Crippen LogP contribution in [0, 0.1) is 0 Å². The first kappa shape index (κ1) is 19.6. The number of carbonyl (C=O) groups is 1. The summed E-state index contributed by atoms with van der Waals surface area (Å²) in [4.78, 5) is 17.0. The summed E-state index contributed by atoms with van der Waals surface area (Å²) < 4.78 is 11.4. The molecule has 2 aromatic carbocycles. The monoisotopic (exact) mass is 410 g/mol. The van der Waals surface area contributed by atoms with Gasteiger partial charge in [-0.15, -0.1) is 0 Å². The van der Waals surface area contributed by atoms with E-state index >= 15 is 0 Å². The Bertz CT molecular complexity index is 932. The Morgan fingerprint density at radius 2 is 1.66 bits per heavy atom. The van der Waals surface area contributed by atoms with E-state index in [1.807, 2.05) is 11.0 Å². The van der Waals surface area contributed by atoms with E-state index in [1.54, 1.807) is 36.4 Å². The van der Waals surface area contributed by atoms with E-state index in [2.05, 4.69) is 29.2 Å². The molecule has 3 aromatic rings. The van der Waals surface area contributed by atoms with Gasteiger partial charge >= 0.3 is 0 Å². The van der Waals surface area contributed by atoms with Gasteiger partial charge in [-0.25, -0.2) is 0 Å². The number of furan rings is 1. The Balaban J connectivity index is 1.27. The van der Waals surface area contributed by atoms with Gasteiger partial charge in [-0.3, -0.25) is 9.69 Å². The Morgan fingerprint density at radius 3 is 2.38 bits per heavy atom. The lowest BCUT2D eigenvalue weighted by molar-refractivity contribution is 0.0594. The van der Waals surface area contributed by atoms with Crippen LogP contribution in [0.1, 0.15) is 21.9 Å². The smallest absolute Gasteiger partial charge is 0.289 e. The van der Waals surface area contributed by atoms with Crippen LogP contribution in [-0.2, 0) is 13.2 Å². The van der Waals surface area contributed by atoms with Gasteiger partial charge in [-0.05, 0) is 42.0 Å². The maximum absolute atomic E-state index is 12.7. The Labute approximate surface area is 175 Å². The average Bonchev–Trinajstić information content (AvgIpc) is 3.23. The molecule has 0 aliphatic carbocycles. The highest BCUT2D eigenvalue weighted by Gasteiger charge is 2.24. The maximum atomic E-state index is 12.7. The molecule has 2 heterocycles. The molecule has 150 valence electrons. The van der Waals surface area contributed by atoms with Crippen LogP contribution in [0.5, 0.6) is 5.75 Å². The third-order valence-electron chi connectivity index (χ3n) is 4.98. The number of amides is 1. The average molecular weight is 411 g/mol. The van der Waals surface area contributed by atoms with E-state index in [1.165, 1.54) is 5.56 Å². The van der Waals surface area contributed by atoms with Gasteiger partial charge in [0.2, 0.25) is 0 Å². The molecule has 0 saturated carbocycles. The minimum atomic E-state index is -0.0675. The summed E-state index contributed by atoms with van der Waals surface area (Å²) >= 11 is 5.87. The minimum absolute atomic E-state index is 0.0675. The zero-order chi connectivity index (χ0) is 20.1. The van der Waals surface area contributed by atoms with E-state index in [4.69, 9.17) is 20.8 Å². The van der Waals surface area contributed by atoms with Crippen LogP contribution in [0.15, 0.2) is 71.1 Å². The number of nitrogens with zero attached hydrogens (tertiary/aromatic N) is 2. The third-order valence-corrected chi connectivity index (χ3v) is 5.23. The second-order valence-corrected chi connectivity index (χ2v) is 7.50. The van der Waals surface area contributed by atoms with Crippen LogP contribution in [-0.4, -0.2) is 41.9 Å². The highest BCUT2D eigenvalue weighted by molar-refractivity contribution is 6.30. The third kappa shape index (κ3) is 5.19. The molecule has 1 saturated heterocycles. The van der Waals surface area contributed by atoms with Gasteiger partial charge in [-0.1, -0.05) is 41.9 Å². The lowest BCUT2D eigenvalue weighted by Gasteiger charge is -2.34. The first-order valence-corrected chi connectivity index (χ1v) is 10.1. The van der Waals surface area contributed by atoms with Crippen molar-refractivity contribution in [2.45, 2.75) is 13.2 Å². The summed E-state index contributed by atoms with van der Waals surface area (Å²) in [5, 5.41) is 0.659. The van der Waals surface area contributed by atoms with Crippen LogP contribution in [0.3, 0.4) is 0 Å². The Morgan fingerprint density at radius 1 is 0.931 bits per heavy atom. The molecule has 1 amide bonds. The number of hydrogen-bond acceptors (Lipinski definition) is 4. The molecule has 0 radical (unpaired) electrons. The summed E-state index contributed by atoms with van der Waals surface area (Å²) in [7, 11) is 0. The summed E-state index contributed by atoms with van der Waals surface area (Å²) in [5.74, 6) is 1.61. The van der Waals surface area contributed by atoms with Crippen molar-refractivity contribution in [3.05, 3.63) is 88.8 Å². The fourth-order valence-corrected chi connectivity index (χ4v) is 3.49. The van der Waals surface area contributed by atoms with Crippen molar-refractivity contribution >= 4 is 17.5 Å². The van der Waals surface area contributed by atoms with Crippen molar-refractivity contribution in [3.8, 4) is 5.75 Å². The predicted molar refractivity (Wildman–Crippen MR) is 112 cm³/mol. The molecule has 0 spiro atoms. The summed E-state index contributed by atoms with van der Waals surface area (Å²) in [6.07, 6.45) is 0. The first-order valence-electron chi connectivity index (χ1n) is 9.70. The first-order chi connectivity index (χ1) is 14.2. The number of piperazine rings is 1. The standard InChI is InChI=1S/C23H23ClN2O3/c24-19-6-8-20(9-7-19)28-17-21-10-11-22(29-21)23(27)26-14-12-25(13-15-26)16-18-4-2-1-3-5-18/h1-11H,12-17H2. The molecule has 5 nitrogen and oxygen atoms in total. The normalized spacial score (nSPS) is 14.7.